The van der Waals surface area contributed by atoms with Crippen molar-refractivity contribution in [3.05, 3.63) is 71.1 Å². The van der Waals surface area contributed by atoms with Crippen LogP contribution in [0.3, 0.4) is 0 Å². The Morgan fingerprint density at radius 3 is 2.62 bits per heavy atom. The van der Waals surface area contributed by atoms with Crippen LogP contribution in [-0.4, -0.2) is 14.5 Å². The van der Waals surface area contributed by atoms with Gasteiger partial charge in [0.2, 0.25) is 0 Å². The zero-order valence-electron chi connectivity index (χ0n) is 16.5. The highest BCUT2D eigenvalue weighted by molar-refractivity contribution is 7.17. The summed E-state index contributed by atoms with van der Waals surface area (Å²) in [5, 5.41) is 15.0. The lowest BCUT2D eigenvalue weighted by Gasteiger charge is -2.33. The number of pyridine rings is 1. The van der Waals surface area contributed by atoms with Crippen LogP contribution in [0.1, 0.15) is 73.3 Å². The van der Waals surface area contributed by atoms with Gasteiger partial charge in [-0.1, -0.05) is 18.2 Å². The molecule has 0 aliphatic heterocycles. The van der Waals surface area contributed by atoms with Crippen LogP contribution < -0.4 is 0 Å². The van der Waals surface area contributed by atoms with Crippen molar-refractivity contribution in [1.82, 2.24) is 9.38 Å². The zero-order chi connectivity index (χ0) is 19.4. The molecular formula is C25H26N2OS. The molecule has 4 aromatic rings. The molecule has 0 amide bonds. The number of fused-ring (bicyclic) bond motifs is 2. The van der Waals surface area contributed by atoms with Gasteiger partial charge in [0.25, 0.3) is 0 Å². The maximum atomic E-state index is 11.4. The third-order valence-corrected chi connectivity index (χ3v) is 8.00. The fourth-order valence-electron chi connectivity index (χ4n) is 5.30. The van der Waals surface area contributed by atoms with Crippen LogP contribution in [0.15, 0.2) is 54.3 Å². The molecule has 2 fully saturated rings. The van der Waals surface area contributed by atoms with Gasteiger partial charge in [0.05, 0.1) is 29.8 Å². The van der Waals surface area contributed by atoms with E-state index < -0.39 is 6.10 Å². The fourth-order valence-corrected chi connectivity index (χ4v) is 6.14. The highest BCUT2D eigenvalue weighted by Gasteiger charge is 2.34. The fraction of sp³-hybridized carbons (Fsp3) is 0.400. The summed E-state index contributed by atoms with van der Waals surface area (Å²) in [6.45, 7) is 0. The Morgan fingerprint density at radius 2 is 1.79 bits per heavy atom. The first kappa shape index (κ1) is 17.7. The van der Waals surface area contributed by atoms with Crippen LogP contribution in [-0.2, 0) is 0 Å². The van der Waals surface area contributed by atoms with Gasteiger partial charge in [0.1, 0.15) is 0 Å². The van der Waals surface area contributed by atoms with Gasteiger partial charge in [-0.2, -0.15) is 0 Å². The SMILES string of the molecule is O[C@@H](c1c(C2CC2)ccc2cncn12)C1CCC(c2ccc3ccsc3c2)CC1. The normalized spacial score (nSPS) is 23.6. The summed E-state index contributed by atoms with van der Waals surface area (Å²) in [6.07, 6.45) is 10.4. The summed E-state index contributed by atoms with van der Waals surface area (Å²) in [5.74, 6) is 1.58. The van der Waals surface area contributed by atoms with E-state index in [1.54, 1.807) is 0 Å². The molecule has 1 aromatic carbocycles. The largest absolute Gasteiger partial charge is 0.387 e. The molecule has 29 heavy (non-hydrogen) atoms. The Kier molecular flexibility index (Phi) is 4.24. The molecule has 0 unspecified atom stereocenters. The molecular weight excluding hydrogens is 376 g/mol. The number of imidazole rings is 1. The molecule has 3 heterocycles. The van der Waals surface area contributed by atoms with Crippen molar-refractivity contribution in [3.8, 4) is 0 Å². The van der Waals surface area contributed by atoms with Crippen LogP contribution in [0.5, 0.6) is 0 Å². The molecule has 0 saturated heterocycles. The molecule has 3 aromatic heterocycles. The number of aliphatic hydroxyl groups is 1. The van der Waals surface area contributed by atoms with Gasteiger partial charge < -0.3 is 9.51 Å². The number of benzene rings is 1. The molecule has 0 bridgehead atoms. The first-order chi connectivity index (χ1) is 14.3. The number of nitrogens with zero attached hydrogens (tertiary/aromatic N) is 2. The maximum Gasteiger partial charge on any atom is 0.0995 e. The standard InChI is InChI=1S/C25H26N2OS/c28-25(24-22(17-3-4-17)10-9-21-14-26-15-27(21)24)19-6-1-16(2-7-19)20-8-5-18-11-12-29-23(18)13-20/h5,8-17,19,25,28H,1-4,6-7H2/t16?,19?,25-/m1/s1. The topological polar surface area (TPSA) is 37.5 Å². The average Bonchev–Trinajstić information content (AvgIpc) is 3.30. The predicted octanol–water partition coefficient (Wildman–Crippen LogP) is 6.43. The van der Waals surface area contributed by atoms with E-state index in [4.69, 9.17) is 0 Å². The summed E-state index contributed by atoms with van der Waals surface area (Å²) < 4.78 is 3.53. The molecule has 2 aliphatic carbocycles. The molecule has 2 aliphatic rings. The summed E-state index contributed by atoms with van der Waals surface area (Å²) >= 11 is 1.83. The Labute approximate surface area is 175 Å². The minimum absolute atomic E-state index is 0.335. The van der Waals surface area contributed by atoms with Crippen molar-refractivity contribution in [2.24, 2.45) is 5.92 Å². The smallest absolute Gasteiger partial charge is 0.0995 e. The number of thiophene rings is 1. The lowest BCUT2D eigenvalue weighted by atomic mass is 9.75. The lowest BCUT2D eigenvalue weighted by molar-refractivity contribution is 0.0754. The Balaban J connectivity index is 1.24. The van der Waals surface area contributed by atoms with Crippen molar-refractivity contribution < 1.29 is 5.11 Å². The monoisotopic (exact) mass is 402 g/mol. The van der Waals surface area contributed by atoms with E-state index in [1.165, 1.54) is 34.1 Å². The molecule has 1 atom stereocenters. The Hall–Kier alpha value is -2.17. The van der Waals surface area contributed by atoms with Gasteiger partial charge in [-0.15, -0.1) is 11.3 Å². The predicted molar refractivity (Wildman–Crippen MR) is 119 cm³/mol. The summed E-state index contributed by atoms with van der Waals surface area (Å²) in [4.78, 5) is 4.34. The summed E-state index contributed by atoms with van der Waals surface area (Å²) in [6, 6.07) is 13.5. The first-order valence-corrected chi connectivity index (χ1v) is 11.8. The van der Waals surface area contributed by atoms with Crippen LogP contribution in [0, 0.1) is 5.92 Å². The second-order valence-electron chi connectivity index (χ2n) is 8.91. The third kappa shape index (κ3) is 3.10. The number of rotatable bonds is 4. The van der Waals surface area contributed by atoms with Gasteiger partial charge in [0.15, 0.2) is 0 Å². The highest BCUT2D eigenvalue weighted by atomic mass is 32.1. The van der Waals surface area contributed by atoms with E-state index in [0.29, 0.717) is 17.8 Å². The van der Waals surface area contributed by atoms with Crippen LogP contribution >= 0.6 is 11.3 Å². The van der Waals surface area contributed by atoms with Gasteiger partial charge in [0, 0.05) is 4.70 Å². The van der Waals surface area contributed by atoms with Crippen molar-refractivity contribution in [2.45, 2.75) is 56.5 Å². The molecule has 6 rings (SSSR count). The second-order valence-corrected chi connectivity index (χ2v) is 9.86. The lowest BCUT2D eigenvalue weighted by Crippen LogP contribution is -2.22. The highest BCUT2D eigenvalue weighted by Crippen LogP contribution is 2.47. The first-order valence-electron chi connectivity index (χ1n) is 10.9. The molecule has 148 valence electrons. The minimum atomic E-state index is -0.399. The van der Waals surface area contributed by atoms with Crippen LogP contribution in [0.2, 0.25) is 0 Å². The molecule has 4 heteroatoms. The molecule has 3 nitrogen and oxygen atoms in total. The maximum absolute atomic E-state index is 11.4. The third-order valence-electron chi connectivity index (χ3n) is 7.12. The van der Waals surface area contributed by atoms with E-state index in [2.05, 4.69) is 51.2 Å². The van der Waals surface area contributed by atoms with Crippen molar-refractivity contribution in [1.29, 1.82) is 0 Å². The molecule has 2 saturated carbocycles. The molecule has 1 N–H and O–H groups in total. The number of aliphatic hydroxyl groups excluding tert-OH is 1. The van der Waals surface area contributed by atoms with E-state index in [1.807, 2.05) is 23.9 Å². The van der Waals surface area contributed by atoms with Crippen LogP contribution in [0.25, 0.3) is 15.6 Å². The quantitative estimate of drug-likeness (QED) is 0.427. The second kappa shape index (κ2) is 6.96. The Bertz CT molecular complexity index is 1160. The summed E-state index contributed by atoms with van der Waals surface area (Å²) in [7, 11) is 0. The van der Waals surface area contributed by atoms with E-state index >= 15 is 0 Å². The van der Waals surface area contributed by atoms with Gasteiger partial charge >= 0.3 is 0 Å². The summed E-state index contributed by atoms with van der Waals surface area (Å²) in [5.41, 5.74) is 5.00. The Morgan fingerprint density at radius 1 is 0.966 bits per heavy atom. The number of hydrogen-bond acceptors (Lipinski definition) is 3. The van der Waals surface area contributed by atoms with Crippen molar-refractivity contribution in [3.63, 3.8) is 0 Å². The van der Waals surface area contributed by atoms with E-state index in [9.17, 15) is 5.11 Å². The van der Waals surface area contributed by atoms with Crippen molar-refractivity contribution >= 4 is 26.9 Å². The number of hydrogen-bond donors (Lipinski definition) is 1. The van der Waals surface area contributed by atoms with Gasteiger partial charge in [-0.25, -0.2) is 4.98 Å². The van der Waals surface area contributed by atoms with Gasteiger partial charge in [-0.3, -0.25) is 0 Å². The molecule has 0 radical (unpaired) electrons. The van der Waals surface area contributed by atoms with Crippen LogP contribution in [0.4, 0.5) is 0 Å². The van der Waals surface area contributed by atoms with Crippen molar-refractivity contribution in [2.75, 3.05) is 0 Å². The number of aromatic nitrogens is 2. The van der Waals surface area contributed by atoms with E-state index in [0.717, 1.165) is 36.9 Å². The average molecular weight is 403 g/mol. The van der Waals surface area contributed by atoms with Gasteiger partial charge in [-0.05, 0) is 96.4 Å². The minimum Gasteiger partial charge on any atom is -0.387 e. The zero-order valence-corrected chi connectivity index (χ0v) is 17.3. The van der Waals surface area contributed by atoms with E-state index in [-0.39, 0.29) is 0 Å². The molecule has 0 spiro atoms.